The molecular weight excluding hydrogens is 304 g/mol. The van der Waals surface area contributed by atoms with Gasteiger partial charge in [0.15, 0.2) is 5.65 Å². The summed E-state index contributed by atoms with van der Waals surface area (Å²) in [7, 11) is 1.88. The van der Waals surface area contributed by atoms with Crippen LogP contribution in [0.3, 0.4) is 0 Å². The fourth-order valence-electron chi connectivity index (χ4n) is 4.12. The Kier molecular flexibility index (Phi) is 4.08. The molecule has 7 nitrogen and oxygen atoms in total. The number of rotatable bonds is 3. The second-order valence-corrected chi connectivity index (χ2v) is 6.94. The molecule has 0 unspecified atom stereocenters. The van der Waals surface area contributed by atoms with Gasteiger partial charge in [0, 0.05) is 20.1 Å². The smallest absolute Gasteiger partial charge is 0.242 e. The summed E-state index contributed by atoms with van der Waals surface area (Å²) in [5, 5.41) is 8.25. The van der Waals surface area contributed by atoms with Gasteiger partial charge in [-0.25, -0.2) is 9.97 Å². The molecule has 0 spiro atoms. The molecule has 2 aromatic heterocycles. The van der Waals surface area contributed by atoms with Crippen molar-refractivity contribution in [1.29, 1.82) is 0 Å². The lowest BCUT2D eigenvalue weighted by atomic mass is 9.84. The summed E-state index contributed by atoms with van der Waals surface area (Å²) < 4.78 is 1.75. The number of amides is 1. The first-order chi connectivity index (χ1) is 11.7. The average molecular weight is 328 g/mol. The van der Waals surface area contributed by atoms with Gasteiger partial charge in [-0.15, -0.1) is 0 Å². The summed E-state index contributed by atoms with van der Waals surface area (Å²) in [5.41, 5.74) is 0.808. The van der Waals surface area contributed by atoms with Gasteiger partial charge in [-0.05, 0) is 12.3 Å². The van der Waals surface area contributed by atoms with Crippen LogP contribution in [-0.2, 0) is 11.8 Å². The molecule has 24 heavy (non-hydrogen) atoms. The van der Waals surface area contributed by atoms with Gasteiger partial charge in [0.1, 0.15) is 18.2 Å². The number of hydrogen-bond donors (Lipinski definition) is 1. The quantitative estimate of drug-likeness (QED) is 0.927. The highest BCUT2D eigenvalue weighted by Crippen LogP contribution is 2.32. The first-order valence-corrected chi connectivity index (χ1v) is 8.91. The molecule has 1 amide bonds. The molecule has 2 aliphatic rings. The summed E-state index contributed by atoms with van der Waals surface area (Å²) in [6.45, 7) is 1.44. The predicted octanol–water partition coefficient (Wildman–Crippen LogP) is 1.64. The van der Waals surface area contributed by atoms with Crippen LogP contribution < -0.4 is 10.2 Å². The van der Waals surface area contributed by atoms with E-state index in [0.717, 1.165) is 29.8 Å². The maximum Gasteiger partial charge on any atom is 0.242 e. The normalized spacial score (nSPS) is 22.8. The van der Waals surface area contributed by atoms with Crippen LogP contribution in [0, 0.1) is 5.92 Å². The van der Waals surface area contributed by atoms with Crippen LogP contribution in [0.4, 0.5) is 5.82 Å². The largest absolute Gasteiger partial charge is 0.353 e. The van der Waals surface area contributed by atoms with Gasteiger partial charge in [0.2, 0.25) is 5.91 Å². The number of aromatic nitrogens is 4. The molecule has 1 atom stereocenters. The number of fused-ring (bicyclic) bond motifs is 1. The van der Waals surface area contributed by atoms with Crippen LogP contribution in [0.15, 0.2) is 12.5 Å². The van der Waals surface area contributed by atoms with Crippen molar-refractivity contribution in [3.8, 4) is 0 Å². The highest BCUT2D eigenvalue weighted by atomic mass is 16.2. The molecular formula is C17H24N6O. The molecule has 128 valence electrons. The van der Waals surface area contributed by atoms with Crippen LogP contribution in [0.1, 0.15) is 38.5 Å². The van der Waals surface area contributed by atoms with E-state index in [9.17, 15) is 4.79 Å². The fourth-order valence-corrected chi connectivity index (χ4v) is 4.12. The Balaban J connectivity index is 1.66. The summed E-state index contributed by atoms with van der Waals surface area (Å²) in [4.78, 5) is 23.6. The van der Waals surface area contributed by atoms with Gasteiger partial charge in [-0.3, -0.25) is 9.48 Å². The third-order valence-corrected chi connectivity index (χ3v) is 5.39. The van der Waals surface area contributed by atoms with Gasteiger partial charge >= 0.3 is 0 Å². The Labute approximate surface area is 141 Å². The van der Waals surface area contributed by atoms with Crippen LogP contribution in [0.25, 0.3) is 11.0 Å². The third kappa shape index (κ3) is 2.72. The molecule has 4 rings (SSSR count). The minimum Gasteiger partial charge on any atom is -0.353 e. The average Bonchev–Trinajstić information content (AvgIpc) is 2.99. The van der Waals surface area contributed by atoms with E-state index < -0.39 is 0 Å². The summed E-state index contributed by atoms with van der Waals surface area (Å²) in [6.07, 6.45) is 10.7. The van der Waals surface area contributed by atoms with Crippen molar-refractivity contribution < 1.29 is 4.79 Å². The molecule has 2 aromatic rings. The molecule has 2 fully saturated rings. The SMILES string of the molecule is Cn1ncc2c(N3CCNC(=O)[C@@H]3CC3CCCCC3)ncnc21. The number of nitrogens with zero attached hydrogens (tertiary/aromatic N) is 5. The van der Waals surface area contributed by atoms with E-state index in [4.69, 9.17) is 0 Å². The second kappa shape index (κ2) is 6.37. The Hall–Kier alpha value is -2.18. The number of hydrogen-bond acceptors (Lipinski definition) is 5. The molecule has 1 aliphatic heterocycles. The van der Waals surface area contributed by atoms with Crippen molar-refractivity contribution in [3.63, 3.8) is 0 Å². The van der Waals surface area contributed by atoms with Crippen LogP contribution in [0.2, 0.25) is 0 Å². The van der Waals surface area contributed by atoms with E-state index in [0.29, 0.717) is 12.5 Å². The van der Waals surface area contributed by atoms with Gasteiger partial charge in [-0.2, -0.15) is 5.10 Å². The molecule has 1 N–H and O–H groups in total. The van der Waals surface area contributed by atoms with Crippen LogP contribution >= 0.6 is 0 Å². The molecule has 1 saturated carbocycles. The van der Waals surface area contributed by atoms with Crippen LogP contribution in [0.5, 0.6) is 0 Å². The number of nitrogens with one attached hydrogen (secondary N) is 1. The molecule has 1 aliphatic carbocycles. The Bertz CT molecular complexity index is 736. The zero-order valence-corrected chi connectivity index (χ0v) is 14.1. The van der Waals surface area contributed by atoms with Gasteiger partial charge < -0.3 is 10.2 Å². The first-order valence-electron chi connectivity index (χ1n) is 8.91. The lowest BCUT2D eigenvalue weighted by molar-refractivity contribution is -0.123. The minimum absolute atomic E-state index is 0.127. The van der Waals surface area contributed by atoms with E-state index >= 15 is 0 Å². The van der Waals surface area contributed by atoms with Crippen molar-refractivity contribution in [2.75, 3.05) is 18.0 Å². The minimum atomic E-state index is -0.139. The highest BCUT2D eigenvalue weighted by molar-refractivity contribution is 5.92. The highest BCUT2D eigenvalue weighted by Gasteiger charge is 2.34. The summed E-state index contributed by atoms with van der Waals surface area (Å²) in [6, 6.07) is -0.139. The van der Waals surface area contributed by atoms with E-state index in [-0.39, 0.29) is 11.9 Å². The molecule has 0 aromatic carbocycles. The van der Waals surface area contributed by atoms with Crippen molar-refractivity contribution in [2.24, 2.45) is 13.0 Å². The number of carbonyl (C=O) groups is 1. The van der Waals surface area contributed by atoms with Crippen molar-refractivity contribution in [3.05, 3.63) is 12.5 Å². The number of anilines is 1. The van der Waals surface area contributed by atoms with E-state index in [2.05, 4.69) is 25.3 Å². The first kappa shape index (κ1) is 15.4. The zero-order valence-electron chi connectivity index (χ0n) is 14.1. The van der Waals surface area contributed by atoms with Crippen molar-refractivity contribution >= 4 is 22.8 Å². The van der Waals surface area contributed by atoms with E-state index in [1.807, 2.05) is 7.05 Å². The Morgan fingerprint density at radius 2 is 2.08 bits per heavy atom. The zero-order chi connectivity index (χ0) is 16.5. The molecule has 0 bridgehead atoms. The summed E-state index contributed by atoms with van der Waals surface area (Å²) >= 11 is 0. The molecule has 7 heteroatoms. The van der Waals surface area contributed by atoms with Gasteiger partial charge in [0.05, 0.1) is 11.6 Å². The number of carbonyl (C=O) groups excluding carboxylic acids is 1. The van der Waals surface area contributed by atoms with Gasteiger partial charge in [-0.1, -0.05) is 32.1 Å². The van der Waals surface area contributed by atoms with Crippen LogP contribution in [-0.4, -0.2) is 44.8 Å². The lowest BCUT2D eigenvalue weighted by Crippen LogP contribution is -2.56. The maximum absolute atomic E-state index is 12.6. The van der Waals surface area contributed by atoms with Gasteiger partial charge in [0.25, 0.3) is 0 Å². The van der Waals surface area contributed by atoms with Crippen molar-refractivity contribution in [1.82, 2.24) is 25.1 Å². The van der Waals surface area contributed by atoms with Crippen molar-refractivity contribution in [2.45, 2.75) is 44.6 Å². The molecule has 0 radical (unpaired) electrons. The summed E-state index contributed by atoms with van der Waals surface area (Å²) in [5.74, 6) is 1.60. The lowest BCUT2D eigenvalue weighted by Gasteiger charge is -2.38. The number of piperazine rings is 1. The van der Waals surface area contributed by atoms with E-state index in [1.54, 1.807) is 17.2 Å². The third-order valence-electron chi connectivity index (χ3n) is 5.39. The van der Waals surface area contributed by atoms with E-state index in [1.165, 1.54) is 32.1 Å². The monoisotopic (exact) mass is 328 g/mol. The second-order valence-electron chi connectivity index (χ2n) is 6.94. The topological polar surface area (TPSA) is 75.9 Å². The predicted molar refractivity (Wildman–Crippen MR) is 91.6 cm³/mol. The molecule has 1 saturated heterocycles. The maximum atomic E-state index is 12.6. The Morgan fingerprint density at radius 1 is 1.25 bits per heavy atom. The fraction of sp³-hybridized carbons (Fsp3) is 0.647. The number of aryl methyl sites for hydroxylation is 1. The molecule has 3 heterocycles. The standard InChI is InChI=1S/C17H24N6O/c1-22-15-13(10-21-22)16(20-11-19-15)23-8-7-18-17(24)14(23)9-12-5-3-2-4-6-12/h10-12,14H,2-9H2,1H3,(H,18,24)/t14-/m0/s1. The Morgan fingerprint density at radius 3 is 2.92 bits per heavy atom.